The van der Waals surface area contributed by atoms with Crippen LogP contribution in [-0.2, 0) is 0 Å². The number of nitrogens with one attached hydrogen (secondary N) is 1. The molecule has 1 fully saturated rings. The van der Waals surface area contributed by atoms with Crippen LogP contribution in [0.3, 0.4) is 0 Å². The Labute approximate surface area is 160 Å². The zero-order valence-corrected chi connectivity index (χ0v) is 16.3. The third kappa shape index (κ3) is 4.47. The fourth-order valence-corrected chi connectivity index (χ4v) is 3.92. The first-order chi connectivity index (χ1) is 13.0. The van der Waals surface area contributed by atoms with Crippen molar-refractivity contribution in [3.8, 4) is 0 Å². The van der Waals surface area contributed by atoms with Crippen LogP contribution in [0.2, 0.25) is 0 Å². The lowest BCUT2D eigenvalue weighted by molar-refractivity contribution is 0.257. The second-order valence-corrected chi connectivity index (χ2v) is 7.36. The molecule has 0 aliphatic carbocycles. The molecule has 1 N–H and O–H groups in total. The van der Waals surface area contributed by atoms with Crippen molar-refractivity contribution in [1.82, 2.24) is 20.0 Å². The lowest BCUT2D eigenvalue weighted by atomic mass is 10.0. The second-order valence-electron chi connectivity index (χ2n) is 7.36. The van der Waals surface area contributed by atoms with E-state index in [4.69, 9.17) is 0 Å². The SMILES string of the molecule is CN=C(NCC(c1c(F)cccc1F)N(C)C)N1CCC(N2CC=CC2)C1. The first-order valence-electron chi connectivity index (χ1n) is 9.46. The van der Waals surface area contributed by atoms with Crippen LogP contribution in [0.1, 0.15) is 18.0 Å². The maximum atomic E-state index is 14.2. The van der Waals surface area contributed by atoms with Gasteiger partial charge in [-0.05, 0) is 32.6 Å². The van der Waals surface area contributed by atoms with Crippen molar-refractivity contribution in [3.63, 3.8) is 0 Å². The smallest absolute Gasteiger partial charge is 0.193 e. The van der Waals surface area contributed by atoms with Gasteiger partial charge < -0.3 is 15.1 Å². The standard InChI is InChI=1S/C20H29F2N5/c1-23-20(27-12-9-15(14-27)26-10-4-5-11-26)24-13-18(25(2)3)19-16(21)7-6-8-17(19)22/h4-8,15,18H,9-14H2,1-3H3,(H,23,24). The molecule has 3 rings (SSSR count). The van der Waals surface area contributed by atoms with Gasteiger partial charge in [0.05, 0.1) is 6.04 Å². The number of hydrogen-bond donors (Lipinski definition) is 1. The van der Waals surface area contributed by atoms with Crippen LogP contribution in [0.4, 0.5) is 8.78 Å². The van der Waals surface area contributed by atoms with Gasteiger partial charge in [-0.1, -0.05) is 18.2 Å². The summed E-state index contributed by atoms with van der Waals surface area (Å²) in [4.78, 5) is 10.9. The van der Waals surface area contributed by atoms with Crippen molar-refractivity contribution >= 4 is 5.96 Å². The van der Waals surface area contributed by atoms with Gasteiger partial charge in [0.2, 0.25) is 0 Å². The highest BCUT2D eigenvalue weighted by Gasteiger charge is 2.30. The van der Waals surface area contributed by atoms with Crippen molar-refractivity contribution < 1.29 is 8.78 Å². The molecule has 2 aliphatic rings. The fourth-order valence-electron chi connectivity index (χ4n) is 3.92. The van der Waals surface area contributed by atoms with Gasteiger partial charge in [-0.3, -0.25) is 9.89 Å². The molecule has 1 saturated heterocycles. The first kappa shape index (κ1) is 19.8. The van der Waals surface area contributed by atoms with E-state index >= 15 is 0 Å². The summed E-state index contributed by atoms with van der Waals surface area (Å²) >= 11 is 0. The van der Waals surface area contributed by atoms with E-state index in [1.54, 1.807) is 7.05 Å². The lowest BCUT2D eigenvalue weighted by Gasteiger charge is -2.29. The Morgan fingerprint density at radius 2 is 1.93 bits per heavy atom. The zero-order chi connectivity index (χ0) is 19.4. The van der Waals surface area contributed by atoms with E-state index in [0.29, 0.717) is 12.6 Å². The summed E-state index contributed by atoms with van der Waals surface area (Å²) in [5, 5.41) is 3.32. The van der Waals surface area contributed by atoms with Crippen molar-refractivity contribution in [2.24, 2.45) is 4.99 Å². The van der Waals surface area contributed by atoms with Crippen molar-refractivity contribution in [1.29, 1.82) is 0 Å². The van der Waals surface area contributed by atoms with E-state index in [1.165, 1.54) is 18.2 Å². The molecule has 0 saturated carbocycles. The minimum absolute atomic E-state index is 0.0906. The molecule has 0 aromatic heterocycles. The minimum Gasteiger partial charge on any atom is -0.354 e. The molecule has 7 heteroatoms. The van der Waals surface area contributed by atoms with Crippen molar-refractivity contribution in [3.05, 3.63) is 47.5 Å². The predicted octanol–water partition coefficient (Wildman–Crippen LogP) is 2.09. The third-order valence-corrected chi connectivity index (χ3v) is 5.45. The first-order valence-corrected chi connectivity index (χ1v) is 9.46. The highest BCUT2D eigenvalue weighted by Crippen LogP contribution is 2.24. The molecule has 2 atom stereocenters. The van der Waals surface area contributed by atoms with Gasteiger partial charge in [0.25, 0.3) is 0 Å². The van der Waals surface area contributed by atoms with Crippen molar-refractivity contribution in [2.45, 2.75) is 18.5 Å². The molecule has 5 nitrogen and oxygen atoms in total. The van der Waals surface area contributed by atoms with Crippen LogP contribution in [0.25, 0.3) is 0 Å². The number of nitrogens with zero attached hydrogens (tertiary/aromatic N) is 4. The van der Waals surface area contributed by atoms with Crippen LogP contribution in [0.5, 0.6) is 0 Å². The average molecular weight is 377 g/mol. The molecular weight excluding hydrogens is 348 g/mol. The Hall–Kier alpha value is -1.99. The maximum Gasteiger partial charge on any atom is 0.193 e. The number of halogens is 2. The number of aliphatic imine (C=N–C) groups is 1. The number of hydrogen-bond acceptors (Lipinski definition) is 3. The highest BCUT2D eigenvalue weighted by molar-refractivity contribution is 5.80. The van der Waals surface area contributed by atoms with E-state index < -0.39 is 17.7 Å². The molecule has 2 aliphatic heterocycles. The molecule has 0 bridgehead atoms. The number of likely N-dealkylation sites (tertiary alicyclic amines) is 1. The summed E-state index contributed by atoms with van der Waals surface area (Å²) in [6, 6.07) is 4.10. The summed E-state index contributed by atoms with van der Waals surface area (Å²) in [6.45, 7) is 4.26. The summed E-state index contributed by atoms with van der Waals surface area (Å²) in [5.41, 5.74) is 0.0906. The van der Waals surface area contributed by atoms with Crippen LogP contribution >= 0.6 is 0 Å². The molecule has 0 radical (unpaired) electrons. The van der Waals surface area contributed by atoms with E-state index in [1.807, 2.05) is 19.0 Å². The zero-order valence-electron chi connectivity index (χ0n) is 16.3. The maximum absolute atomic E-state index is 14.2. The monoisotopic (exact) mass is 377 g/mol. The molecule has 27 heavy (non-hydrogen) atoms. The van der Waals surface area contributed by atoms with Crippen molar-refractivity contribution in [2.75, 3.05) is 53.9 Å². The van der Waals surface area contributed by atoms with E-state index in [2.05, 4.69) is 32.3 Å². The molecule has 148 valence electrons. The molecule has 0 amide bonds. The lowest BCUT2D eigenvalue weighted by Crippen LogP contribution is -2.45. The Kier molecular flexibility index (Phi) is 6.44. The van der Waals surface area contributed by atoms with Crippen LogP contribution in [0, 0.1) is 11.6 Å². The second kappa shape index (κ2) is 8.80. The number of benzene rings is 1. The summed E-state index contributed by atoms with van der Waals surface area (Å²) < 4.78 is 28.5. The Bertz CT molecular complexity index is 675. The summed E-state index contributed by atoms with van der Waals surface area (Å²) in [6.07, 6.45) is 5.52. The summed E-state index contributed by atoms with van der Waals surface area (Å²) in [5.74, 6) is -0.255. The van der Waals surface area contributed by atoms with Gasteiger partial charge in [0.15, 0.2) is 5.96 Å². The summed E-state index contributed by atoms with van der Waals surface area (Å²) in [7, 11) is 5.40. The minimum atomic E-state index is -0.520. The number of guanidine groups is 1. The Balaban J connectivity index is 1.64. The molecule has 2 heterocycles. The Morgan fingerprint density at radius 1 is 1.26 bits per heavy atom. The van der Waals surface area contributed by atoms with Crippen LogP contribution in [-0.4, -0.2) is 80.6 Å². The predicted molar refractivity (Wildman–Crippen MR) is 105 cm³/mol. The Morgan fingerprint density at radius 3 is 2.52 bits per heavy atom. The normalized spacial score (nSPS) is 22.1. The van der Waals surface area contributed by atoms with Crippen LogP contribution < -0.4 is 5.32 Å². The number of likely N-dealkylation sites (N-methyl/N-ethyl adjacent to an activating group) is 1. The van der Waals surface area contributed by atoms with E-state index in [9.17, 15) is 8.78 Å². The molecule has 0 spiro atoms. The van der Waals surface area contributed by atoms with E-state index in [-0.39, 0.29) is 5.56 Å². The van der Waals surface area contributed by atoms with Gasteiger partial charge >= 0.3 is 0 Å². The van der Waals surface area contributed by atoms with Gasteiger partial charge in [0.1, 0.15) is 11.6 Å². The molecule has 1 aromatic carbocycles. The highest BCUT2D eigenvalue weighted by atomic mass is 19.1. The van der Waals surface area contributed by atoms with Crippen LogP contribution in [0.15, 0.2) is 35.3 Å². The van der Waals surface area contributed by atoms with Gasteiger partial charge in [-0.15, -0.1) is 0 Å². The topological polar surface area (TPSA) is 34.1 Å². The van der Waals surface area contributed by atoms with Gasteiger partial charge in [0, 0.05) is 51.4 Å². The van der Waals surface area contributed by atoms with E-state index in [0.717, 1.165) is 38.6 Å². The third-order valence-electron chi connectivity index (χ3n) is 5.45. The average Bonchev–Trinajstić information content (AvgIpc) is 3.31. The van der Waals surface area contributed by atoms with Gasteiger partial charge in [-0.2, -0.15) is 0 Å². The largest absolute Gasteiger partial charge is 0.354 e. The molecule has 1 aromatic rings. The number of rotatable bonds is 5. The van der Waals surface area contributed by atoms with Gasteiger partial charge in [-0.25, -0.2) is 8.78 Å². The quantitative estimate of drug-likeness (QED) is 0.484. The fraction of sp³-hybridized carbons (Fsp3) is 0.550. The molecular formula is C20H29F2N5. The molecule has 2 unspecified atom stereocenters.